The number of likely N-dealkylation sites (N-methyl/N-ethyl adjacent to an activating group) is 1. The molecule has 20 heavy (non-hydrogen) atoms. The second kappa shape index (κ2) is 7.64. The van der Waals surface area contributed by atoms with Crippen molar-refractivity contribution in [3.8, 4) is 0 Å². The van der Waals surface area contributed by atoms with Crippen LogP contribution in [0.15, 0.2) is 0 Å². The van der Waals surface area contributed by atoms with Gasteiger partial charge >= 0.3 is 6.18 Å². The van der Waals surface area contributed by atoms with Gasteiger partial charge in [-0.15, -0.1) is 0 Å². The van der Waals surface area contributed by atoms with Crippen molar-refractivity contribution in [2.75, 3.05) is 19.6 Å². The van der Waals surface area contributed by atoms with Crippen LogP contribution in [0, 0.1) is 0 Å². The molecule has 1 saturated heterocycles. The average Bonchev–Trinajstić information content (AvgIpc) is 2.42. The van der Waals surface area contributed by atoms with Gasteiger partial charge in [-0.1, -0.05) is 20.3 Å². The summed E-state index contributed by atoms with van der Waals surface area (Å²) in [6, 6.07) is -0.0998. The van der Waals surface area contributed by atoms with Crippen molar-refractivity contribution in [2.24, 2.45) is 0 Å². The number of nitrogens with one attached hydrogen (secondary N) is 1. The number of alkyl halides is 3. The van der Waals surface area contributed by atoms with E-state index in [1.165, 1.54) is 6.42 Å². The Morgan fingerprint density at radius 1 is 1.10 bits per heavy atom. The van der Waals surface area contributed by atoms with Gasteiger partial charge < -0.3 is 5.32 Å². The van der Waals surface area contributed by atoms with Crippen LogP contribution in [0.2, 0.25) is 0 Å². The van der Waals surface area contributed by atoms with Gasteiger partial charge in [0.1, 0.15) is 0 Å². The van der Waals surface area contributed by atoms with E-state index in [1.807, 2.05) is 6.92 Å². The molecule has 0 bridgehead atoms. The lowest BCUT2D eigenvalue weighted by atomic mass is 9.83. The van der Waals surface area contributed by atoms with Crippen LogP contribution in [-0.2, 0) is 0 Å². The maximum atomic E-state index is 12.5. The first-order valence-electron chi connectivity index (χ1n) is 7.88. The normalized spacial score (nSPS) is 22.5. The molecule has 0 aromatic carbocycles. The molecular weight excluding hydrogens is 265 g/mol. The SMILES string of the molecule is CCNC(CCC(F)(F)F)C(C)(CC)N1CCCCC1. The number of hydrogen-bond acceptors (Lipinski definition) is 2. The standard InChI is InChI=1S/C15H29F3N2/c1-4-14(3,20-11-7-6-8-12-20)13(19-5-2)9-10-15(16,17)18/h13,19H,4-12H2,1-3H3. The van der Waals surface area contributed by atoms with Gasteiger partial charge in [0.2, 0.25) is 0 Å². The molecule has 0 amide bonds. The van der Waals surface area contributed by atoms with Crippen LogP contribution in [0.3, 0.4) is 0 Å². The third-order valence-corrected chi connectivity index (χ3v) is 4.71. The Kier molecular flexibility index (Phi) is 6.79. The van der Waals surface area contributed by atoms with Crippen molar-refractivity contribution in [3.05, 3.63) is 0 Å². The second-order valence-corrected chi connectivity index (χ2v) is 6.02. The number of nitrogens with zero attached hydrogens (tertiary/aromatic N) is 1. The molecule has 1 aliphatic rings. The van der Waals surface area contributed by atoms with Crippen LogP contribution >= 0.6 is 0 Å². The van der Waals surface area contributed by atoms with Crippen molar-refractivity contribution in [1.82, 2.24) is 10.2 Å². The third kappa shape index (κ3) is 4.92. The fourth-order valence-corrected chi connectivity index (χ4v) is 3.28. The summed E-state index contributed by atoms with van der Waals surface area (Å²) in [5.41, 5.74) is -0.179. The summed E-state index contributed by atoms with van der Waals surface area (Å²) < 4.78 is 37.6. The first kappa shape index (κ1) is 17.8. The summed E-state index contributed by atoms with van der Waals surface area (Å²) in [4.78, 5) is 2.40. The van der Waals surface area contributed by atoms with E-state index in [4.69, 9.17) is 0 Å². The largest absolute Gasteiger partial charge is 0.389 e. The van der Waals surface area contributed by atoms with E-state index < -0.39 is 12.6 Å². The second-order valence-electron chi connectivity index (χ2n) is 6.02. The summed E-state index contributed by atoms with van der Waals surface area (Å²) in [7, 11) is 0. The lowest BCUT2D eigenvalue weighted by molar-refractivity contribution is -0.138. The summed E-state index contributed by atoms with van der Waals surface area (Å²) in [6.07, 6.45) is -0.162. The minimum Gasteiger partial charge on any atom is -0.312 e. The highest BCUT2D eigenvalue weighted by Crippen LogP contribution is 2.32. The lowest BCUT2D eigenvalue weighted by Gasteiger charge is -2.48. The lowest BCUT2D eigenvalue weighted by Crippen LogP contribution is -2.60. The third-order valence-electron chi connectivity index (χ3n) is 4.71. The van der Waals surface area contributed by atoms with E-state index in [0.717, 1.165) is 32.4 Å². The van der Waals surface area contributed by atoms with Gasteiger partial charge in [-0.2, -0.15) is 13.2 Å². The highest BCUT2D eigenvalue weighted by Gasteiger charge is 2.40. The molecule has 0 spiro atoms. The van der Waals surface area contributed by atoms with Gasteiger partial charge in [-0.05, 0) is 52.2 Å². The van der Waals surface area contributed by atoms with E-state index in [2.05, 4.69) is 24.1 Å². The first-order chi connectivity index (χ1) is 9.33. The Hall–Kier alpha value is -0.290. The minimum absolute atomic E-state index is 0.0998. The molecule has 0 aliphatic carbocycles. The van der Waals surface area contributed by atoms with Gasteiger partial charge in [0.25, 0.3) is 0 Å². The minimum atomic E-state index is -4.07. The first-order valence-corrected chi connectivity index (χ1v) is 7.88. The monoisotopic (exact) mass is 294 g/mol. The number of halogens is 3. The van der Waals surface area contributed by atoms with E-state index in [9.17, 15) is 13.2 Å². The maximum absolute atomic E-state index is 12.5. The summed E-state index contributed by atoms with van der Waals surface area (Å²) >= 11 is 0. The molecule has 0 aromatic heterocycles. The molecule has 1 fully saturated rings. The highest BCUT2D eigenvalue weighted by molar-refractivity contribution is 4.97. The molecule has 0 aromatic rings. The number of likely N-dealkylation sites (tertiary alicyclic amines) is 1. The summed E-state index contributed by atoms with van der Waals surface area (Å²) in [5.74, 6) is 0. The zero-order chi connectivity index (χ0) is 15.2. The smallest absolute Gasteiger partial charge is 0.312 e. The van der Waals surface area contributed by atoms with Gasteiger partial charge in [0.05, 0.1) is 0 Å². The van der Waals surface area contributed by atoms with Crippen molar-refractivity contribution in [1.29, 1.82) is 0 Å². The van der Waals surface area contributed by atoms with E-state index >= 15 is 0 Å². The number of rotatable bonds is 7. The van der Waals surface area contributed by atoms with Crippen LogP contribution < -0.4 is 5.32 Å². The molecule has 2 atom stereocenters. The zero-order valence-electron chi connectivity index (χ0n) is 13.0. The van der Waals surface area contributed by atoms with Gasteiger partial charge in [-0.25, -0.2) is 0 Å². The fourth-order valence-electron chi connectivity index (χ4n) is 3.28. The molecule has 2 unspecified atom stereocenters. The zero-order valence-corrected chi connectivity index (χ0v) is 13.0. The summed E-state index contributed by atoms with van der Waals surface area (Å²) in [6.45, 7) is 8.92. The Morgan fingerprint density at radius 2 is 1.70 bits per heavy atom. The average molecular weight is 294 g/mol. The predicted octanol–water partition coefficient (Wildman–Crippen LogP) is 3.96. The van der Waals surface area contributed by atoms with Gasteiger partial charge in [0.15, 0.2) is 0 Å². The van der Waals surface area contributed by atoms with Crippen molar-refractivity contribution in [3.63, 3.8) is 0 Å². The van der Waals surface area contributed by atoms with Crippen molar-refractivity contribution >= 4 is 0 Å². The van der Waals surface area contributed by atoms with Crippen LogP contribution in [0.25, 0.3) is 0 Å². The number of hydrogen-bond donors (Lipinski definition) is 1. The Balaban J connectivity index is 2.77. The highest BCUT2D eigenvalue weighted by atomic mass is 19.4. The molecule has 120 valence electrons. The van der Waals surface area contributed by atoms with Gasteiger partial charge in [0, 0.05) is 18.0 Å². The molecular formula is C15H29F3N2. The Morgan fingerprint density at radius 3 is 2.15 bits per heavy atom. The Bertz CT molecular complexity index is 275. The molecule has 1 aliphatic heterocycles. The molecule has 1 rings (SSSR count). The Labute approximate surface area is 121 Å². The molecule has 1 heterocycles. The van der Waals surface area contributed by atoms with Crippen molar-refractivity contribution < 1.29 is 13.2 Å². The van der Waals surface area contributed by atoms with Crippen LogP contribution in [0.1, 0.15) is 59.3 Å². The molecule has 0 saturated carbocycles. The van der Waals surface area contributed by atoms with Crippen LogP contribution in [0.4, 0.5) is 13.2 Å². The predicted molar refractivity (Wildman–Crippen MR) is 76.9 cm³/mol. The summed E-state index contributed by atoms with van der Waals surface area (Å²) in [5, 5.41) is 3.30. The van der Waals surface area contributed by atoms with Crippen molar-refractivity contribution in [2.45, 2.75) is 77.1 Å². The quantitative estimate of drug-likeness (QED) is 0.764. The molecule has 5 heteroatoms. The number of piperidine rings is 1. The molecule has 1 N–H and O–H groups in total. The maximum Gasteiger partial charge on any atom is 0.389 e. The molecule has 0 radical (unpaired) electrons. The van der Waals surface area contributed by atoms with E-state index in [-0.39, 0.29) is 18.0 Å². The van der Waals surface area contributed by atoms with Gasteiger partial charge in [-0.3, -0.25) is 4.90 Å². The van der Waals surface area contributed by atoms with E-state index in [0.29, 0.717) is 6.54 Å². The molecule has 2 nitrogen and oxygen atoms in total. The van der Waals surface area contributed by atoms with Crippen LogP contribution in [-0.4, -0.2) is 42.3 Å². The van der Waals surface area contributed by atoms with Crippen LogP contribution in [0.5, 0.6) is 0 Å². The fraction of sp³-hybridized carbons (Fsp3) is 1.00. The topological polar surface area (TPSA) is 15.3 Å². The van der Waals surface area contributed by atoms with E-state index in [1.54, 1.807) is 0 Å².